The second kappa shape index (κ2) is 8.71. The van der Waals surface area contributed by atoms with E-state index in [1.807, 2.05) is 6.92 Å². The predicted molar refractivity (Wildman–Crippen MR) is 86.2 cm³/mol. The number of nitrogens with two attached hydrogens (primary N) is 1. The van der Waals surface area contributed by atoms with Crippen molar-refractivity contribution in [3.8, 4) is 0 Å². The van der Waals surface area contributed by atoms with Gasteiger partial charge in [0.2, 0.25) is 5.91 Å². The Kier molecular flexibility index (Phi) is 7.63. The van der Waals surface area contributed by atoms with Crippen LogP contribution in [0.2, 0.25) is 0 Å². The molecule has 1 rings (SSSR count). The van der Waals surface area contributed by atoms with Gasteiger partial charge in [-0.1, -0.05) is 0 Å². The summed E-state index contributed by atoms with van der Waals surface area (Å²) >= 11 is 0. The number of likely N-dealkylation sites (N-methyl/N-ethyl adjacent to an activating group) is 1. The molecule has 1 fully saturated rings. The highest BCUT2D eigenvalue weighted by atomic mass is 16.5. The largest absolute Gasteiger partial charge is 0.377 e. The molecule has 0 radical (unpaired) electrons. The summed E-state index contributed by atoms with van der Waals surface area (Å²) in [5, 5.41) is 3.39. The SMILES string of the molecule is CC(C)OCCN(C)CCCCC(C)(NC1CC1)C(N)=O. The number of carbonyl (C=O) groups excluding carboxylic acids is 1. The molecule has 5 heteroatoms. The summed E-state index contributed by atoms with van der Waals surface area (Å²) in [6, 6.07) is 0.498. The van der Waals surface area contributed by atoms with Crippen molar-refractivity contribution < 1.29 is 9.53 Å². The maximum absolute atomic E-state index is 11.7. The molecule has 1 atom stereocenters. The molecule has 1 aliphatic rings. The summed E-state index contributed by atoms with van der Waals surface area (Å²) in [7, 11) is 2.11. The van der Waals surface area contributed by atoms with Crippen LogP contribution >= 0.6 is 0 Å². The van der Waals surface area contributed by atoms with Crippen molar-refractivity contribution >= 4 is 5.91 Å². The van der Waals surface area contributed by atoms with Crippen LogP contribution in [0.15, 0.2) is 0 Å². The second-order valence-corrected chi connectivity index (χ2v) is 6.79. The molecule has 0 spiro atoms. The summed E-state index contributed by atoms with van der Waals surface area (Å²) in [6.45, 7) is 8.80. The van der Waals surface area contributed by atoms with Crippen molar-refractivity contribution in [1.82, 2.24) is 10.2 Å². The van der Waals surface area contributed by atoms with E-state index in [1.165, 1.54) is 12.8 Å². The summed E-state index contributed by atoms with van der Waals surface area (Å²) < 4.78 is 5.54. The van der Waals surface area contributed by atoms with Crippen LogP contribution < -0.4 is 11.1 Å². The lowest BCUT2D eigenvalue weighted by molar-refractivity contribution is -0.124. The number of hydrogen-bond acceptors (Lipinski definition) is 4. The van der Waals surface area contributed by atoms with Gasteiger partial charge >= 0.3 is 0 Å². The van der Waals surface area contributed by atoms with Crippen LogP contribution in [0.3, 0.4) is 0 Å². The Morgan fingerprint density at radius 1 is 1.38 bits per heavy atom. The zero-order chi connectivity index (χ0) is 15.9. The highest BCUT2D eigenvalue weighted by Gasteiger charge is 2.36. The van der Waals surface area contributed by atoms with Crippen LogP contribution in [0.25, 0.3) is 0 Å². The number of amides is 1. The van der Waals surface area contributed by atoms with Crippen molar-refractivity contribution in [2.45, 2.75) is 70.6 Å². The van der Waals surface area contributed by atoms with Gasteiger partial charge < -0.3 is 20.7 Å². The van der Waals surface area contributed by atoms with Gasteiger partial charge in [0.1, 0.15) is 0 Å². The fourth-order valence-electron chi connectivity index (χ4n) is 2.36. The summed E-state index contributed by atoms with van der Waals surface area (Å²) in [6.07, 6.45) is 5.53. The number of rotatable bonds is 12. The molecule has 0 aromatic carbocycles. The fourth-order valence-corrected chi connectivity index (χ4v) is 2.36. The summed E-state index contributed by atoms with van der Waals surface area (Å²) in [5.74, 6) is -0.229. The minimum atomic E-state index is -0.541. The predicted octanol–water partition coefficient (Wildman–Crippen LogP) is 1.51. The molecule has 0 aliphatic heterocycles. The van der Waals surface area contributed by atoms with Crippen LogP contribution in [0.4, 0.5) is 0 Å². The summed E-state index contributed by atoms with van der Waals surface area (Å²) in [5.41, 5.74) is 5.01. The van der Waals surface area contributed by atoms with E-state index in [0.717, 1.165) is 39.0 Å². The lowest BCUT2D eigenvalue weighted by Gasteiger charge is -2.28. The molecule has 124 valence electrons. The fraction of sp³-hybridized carbons (Fsp3) is 0.938. The first-order chi connectivity index (χ1) is 9.83. The minimum Gasteiger partial charge on any atom is -0.377 e. The van der Waals surface area contributed by atoms with Gasteiger partial charge in [0.25, 0.3) is 0 Å². The average Bonchev–Trinajstić information content (AvgIpc) is 3.18. The zero-order valence-corrected chi connectivity index (χ0v) is 14.2. The molecule has 0 saturated heterocycles. The van der Waals surface area contributed by atoms with Crippen LogP contribution in [0.1, 0.15) is 52.9 Å². The number of nitrogens with one attached hydrogen (secondary N) is 1. The number of hydrogen-bond donors (Lipinski definition) is 2. The quantitative estimate of drug-likeness (QED) is 0.536. The number of carbonyl (C=O) groups is 1. The summed E-state index contributed by atoms with van der Waals surface area (Å²) in [4.78, 5) is 13.9. The number of unbranched alkanes of at least 4 members (excludes halogenated alkanes) is 1. The van der Waals surface area contributed by atoms with Gasteiger partial charge in [0.15, 0.2) is 0 Å². The Bertz CT molecular complexity index is 319. The first-order valence-corrected chi connectivity index (χ1v) is 8.21. The first kappa shape index (κ1) is 18.4. The Balaban J connectivity index is 2.14. The molecule has 0 heterocycles. The van der Waals surface area contributed by atoms with E-state index in [1.54, 1.807) is 0 Å². The maximum atomic E-state index is 11.7. The molecule has 1 amide bonds. The number of primary amides is 1. The van der Waals surface area contributed by atoms with Crippen molar-refractivity contribution in [3.63, 3.8) is 0 Å². The molecule has 21 heavy (non-hydrogen) atoms. The average molecular weight is 299 g/mol. The Hall–Kier alpha value is -0.650. The Morgan fingerprint density at radius 2 is 2.05 bits per heavy atom. The second-order valence-electron chi connectivity index (χ2n) is 6.79. The number of ether oxygens (including phenoxy) is 1. The topological polar surface area (TPSA) is 67.6 Å². The molecule has 0 bridgehead atoms. The molecule has 1 saturated carbocycles. The molecule has 0 aromatic heterocycles. The van der Waals surface area contributed by atoms with Crippen molar-refractivity contribution in [3.05, 3.63) is 0 Å². The smallest absolute Gasteiger partial charge is 0.237 e. The molecule has 1 aliphatic carbocycles. The van der Waals surface area contributed by atoms with E-state index in [9.17, 15) is 4.79 Å². The molecular formula is C16H33N3O2. The Morgan fingerprint density at radius 3 is 2.57 bits per heavy atom. The third-order valence-electron chi connectivity index (χ3n) is 4.03. The van der Waals surface area contributed by atoms with E-state index in [-0.39, 0.29) is 5.91 Å². The first-order valence-electron chi connectivity index (χ1n) is 8.21. The highest BCUT2D eigenvalue weighted by molar-refractivity contribution is 5.84. The van der Waals surface area contributed by atoms with Crippen LogP contribution in [-0.2, 0) is 9.53 Å². The van der Waals surface area contributed by atoms with Gasteiger partial charge in [0.05, 0.1) is 18.2 Å². The van der Waals surface area contributed by atoms with Crippen molar-refractivity contribution in [1.29, 1.82) is 0 Å². The zero-order valence-electron chi connectivity index (χ0n) is 14.2. The van der Waals surface area contributed by atoms with Gasteiger partial charge in [-0.3, -0.25) is 4.79 Å². The van der Waals surface area contributed by atoms with E-state index < -0.39 is 5.54 Å². The van der Waals surface area contributed by atoms with Crippen LogP contribution in [-0.4, -0.2) is 55.2 Å². The number of nitrogens with zero attached hydrogens (tertiary/aromatic N) is 1. The van der Waals surface area contributed by atoms with Gasteiger partial charge in [-0.2, -0.15) is 0 Å². The molecule has 5 nitrogen and oxygen atoms in total. The molecule has 1 unspecified atom stereocenters. The lowest BCUT2D eigenvalue weighted by atomic mass is 9.93. The Labute approximate surface area is 129 Å². The molecule has 0 aromatic rings. The van der Waals surface area contributed by atoms with Crippen molar-refractivity contribution in [2.75, 3.05) is 26.7 Å². The van der Waals surface area contributed by atoms with Crippen LogP contribution in [0.5, 0.6) is 0 Å². The van der Waals surface area contributed by atoms with E-state index >= 15 is 0 Å². The molecule has 3 N–H and O–H groups in total. The third kappa shape index (κ3) is 7.79. The lowest BCUT2D eigenvalue weighted by Crippen LogP contribution is -2.54. The monoisotopic (exact) mass is 299 g/mol. The van der Waals surface area contributed by atoms with E-state index in [2.05, 4.69) is 31.1 Å². The van der Waals surface area contributed by atoms with Gasteiger partial charge in [0, 0.05) is 12.6 Å². The van der Waals surface area contributed by atoms with Gasteiger partial charge in [-0.25, -0.2) is 0 Å². The van der Waals surface area contributed by atoms with Crippen molar-refractivity contribution in [2.24, 2.45) is 5.73 Å². The standard InChI is InChI=1S/C16H33N3O2/c1-13(2)21-12-11-19(4)10-6-5-9-16(3,15(17)20)18-14-7-8-14/h13-14,18H,5-12H2,1-4H3,(H2,17,20). The highest BCUT2D eigenvalue weighted by Crippen LogP contribution is 2.25. The van der Waals surface area contributed by atoms with E-state index in [4.69, 9.17) is 10.5 Å². The third-order valence-corrected chi connectivity index (χ3v) is 4.03. The van der Waals surface area contributed by atoms with Gasteiger partial charge in [-0.15, -0.1) is 0 Å². The maximum Gasteiger partial charge on any atom is 0.237 e. The van der Waals surface area contributed by atoms with Crippen LogP contribution in [0, 0.1) is 0 Å². The molecular weight excluding hydrogens is 266 g/mol. The van der Waals surface area contributed by atoms with E-state index in [0.29, 0.717) is 12.1 Å². The normalized spacial score (nSPS) is 18.2. The minimum absolute atomic E-state index is 0.229. The van der Waals surface area contributed by atoms with Gasteiger partial charge in [-0.05, 0) is 66.5 Å².